The van der Waals surface area contributed by atoms with Gasteiger partial charge in [-0.3, -0.25) is 14.7 Å². The van der Waals surface area contributed by atoms with Crippen LogP contribution < -0.4 is 0 Å². The molecule has 9 heteroatoms. The number of nitrogens with one attached hydrogen (secondary N) is 1. The number of carbonyl (C=O) groups excluding carboxylic acids is 2. The van der Waals surface area contributed by atoms with Crippen molar-refractivity contribution >= 4 is 11.8 Å². The van der Waals surface area contributed by atoms with Gasteiger partial charge >= 0.3 is 0 Å². The Hall–Kier alpha value is -2.97. The number of carbonyl (C=O) groups is 2. The summed E-state index contributed by atoms with van der Waals surface area (Å²) in [7, 11) is 1.74. The average Bonchev–Trinajstić information content (AvgIpc) is 3.37. The molecule has 29 heavy (non-hydrogen) atoms. The minimum absolute atomic E-state index is 0.0745. The van der Waals surface area contributed by atoms with Gasteiger partial charge in [0.2, 0.25) is 11.8 Å². The monoisotopic (exact) mass is 398 g/mol. The van der Waals surface area contributed by atoms with Crippen molar-refractivity contribution in [2.45, 2.75) is 45.6 Å². The number of aromatic amines is 1. The van der Waals surface area contributed by atoms with Gasteiger partial charge in [0.25, 0.3) is 5.91 Å². The molecule has 154 valence electrons. The number of aryl methyl sites for hydroxylation is 1. The third-order valence-corrected chi connectivity index (χ3v) is 5.65. The Bertz CT molecular complexity index is 931. The number of aromatic nitrogens is 4. The summed E-state index contributed by atoms with van der Waals surface area (Å²) in [5.41, 5.74) is 2.23. The minimum Gasteiger partial charge on any atom is -0.340 e. The Morgan fingerprint density at radius 2 is 2.24 bits per heavy atom. The highest BCUT2D eigenvalue weighted by molar-refractivity contribution is 5.94. The number of likely N-dealkylation sites (N-methyl/N-ethyl adjacent to an activating group) is 1. The molecule has 1 unspecified atom stereocenters. The van der Waals surface area contributed by atoms with E-state index in [9.17, 15) is 9.59 Å². The molecule has 1 aliphatic carbocycles. The largest absolute Gasteiger partial charge is 0.340 e. The lowest BCUT2D eigenvalue weighted by molar-refractivity contribution is -0.136. The summed E-state index contributed by atoms with van der Waals surface area (Å²) in [6, 6.07) is 0. The average molecular weight is 398 g/mol. The highest BCUT2D eigenvalue weighted by Gasteiger charge is 2.31. The lowest BCUT2D eigenvalue weighted by Crippen LogP contribution is -2.40. The fourth-order valence-electron chi connectivity index (χ4n) is 3.95. The predicted molar refractivity (Wildman–Crippen MR) is 104 cm³/mol. The van der Waals surface area contributed by atoms with Crippen LogP contribution in [-0.2, 0) is 24.2 Å². The quantitative estimate of drug-likeness (QED) is 0.768. The summed E-state index contributed by atoms with van der Waals surface area (Å²) in [4.78, 5) is 33.3. The minimum atomic E-state index is -0.139. The molecule has 2 amide bonds. The molecule has 4 rings (SSSR count). The normalized spacial score (nSPS) is 18.6. The summed E-state index contributed by atoms with van der Waals surface area (Å²) in [5, 5.41) is 11.1. The zero-order chi connectivity index (χ0) is 20.4. The Morgan fingerprint density at radius 1 is 1.38 bits per heavy atom. The Balaban J connectivity index is 1.38. The van der Waals surface area contributed by atoms with Gasteiger partial charge < -0.3 is 14.3 Å². The van der Waals surface area contributed by atoms with Crippen molar-refractivity contribution in [2.75, 3.05) is 20.1 Å². The van der Waals surface area contributed by atoms with Gasteiger partial charge in [-0.1, -0.05) is 17.3 Å². The van der Waals surface area contributed by atoms with Crippen LogP contribution in [0.3, 0.4) is 0 Å². The van der Waals surface area contributed by atoms with E-state index in [-0.39, 0.29) is 17.7 Å². The van der Waals surface area contributed by atoms with Crippen LogP contribution in [0.25, 0.3) is 0 Å². The fourth-order valence-corrected chi connectivity index (χ4v) is 3.95. The Labute approximate surface area is 169 Å². The summed E-state index contributed by atoms with van der Waals surface area (Å²) in [6.07, 6.45) is 8.09. The van der Waals surface area contributed by atoms with E-state index in [2.05, 4.69) is 32.5 Å². The van der Waals surface area contributed by atoms with Gasteiger partial charge in [-0.15, -0.1) is 0 Å². The third-order valence-electron chi connectivity index (χ3n) is 5.65. The number of fused-ring (bicyclic) bond motifs is 1. The van der Waals surface area contributed by atoms with Gasteiger partial charge in [-0.05, 0) is 25.7 Å². The molecule has 1 atom stereocenters. The lowest BCUT2D eigenvalue weighted by Gasteiger charge is -2.31. The molecule has 2 aromatic heterocycles. The maximum Gasteiger partial charge on any atom is 0.274 e. The van der Waals surface area contributed by atoms with E-state index < -0.39 is 0 Å². The van der Waals surface area contributed by atoms with Crippen LogP contribution >= 0.6 is 0 Å². The molecule has 0 fully saturated rings. The second kappa shape index (κ2) is 8.18. The summed E-state index contributed by atoms with van der Waals surface area (Å²) in [5.74, 6) is 1.23. The lowest BCUT2D eigenvalue weighted by atomic mass is 9.92. The predicted octanol–water partition coefficient (Wildman–Crippen LogP) is 1.66. The second-order valence-electron chi connectivity index (χ2n) is 7.73. The molecule has 0 saturated carbocycles. The zero-order valence-electron chi connectivity index (χ0n) is 16.8. The smallest absolute Gasteiger partial charge is 0.274 e. The fraction of sp³-hybridized carbons (Fsp3) is 0.550. The number of nitrogens with zero attached hydrogens (tertiary/aromatic N) is 5. The highest BCUT2D eigenvalue weighted by atomic mass is 16.5. The molecule has 1 aliphatic heterocycles. The number of hydrogen-bond acceptors (Lipinski definition) is 6. The van der Waals surface area contributed by atoms with Crippen molar-refractivity contribution in [2.24, 2.45) is 5.92 Å². The van der Waals surface area contributed by atoms with Crippen molar-refractivity contribution in [3.63, 3.8) is 0 Å². The van der Waals surface area contributed by atoms with Crippen LogP contribution in [0, 0.1) is 12.8 Å². The maximum atomic E-state index is 12.9. The van der Waals surface area contributed by atoms with Crippen molar-refractivity contribution in [3.05, 3.63) is 40.8 Å². The first-order valence-electron chi connectivity index (χ1n) is 10.1. The number of hydrogen-bond donors (Lipinski definition) is 1. The highest BCUT2D eigenvalue weighted by Crippen LogP contribution is 2.26. The number of allylic oxidation sites excluding steroid dienone is 2. The van der Waals surface area contributed by atoms with E-state index in [4.69, 9.17) is 4.52 Å². The standard InChI is InChI=1S/C20H26N6O3/c1-13-21-17(24-29-13)9-10-25(2)20(28)18-15-8-11-26(12-16(15)22-23-18)19(27)14-6-4-3-5-7-14/h3-4,14H,5-12H2,1-2H3,(H,22,23). The molecule has 9 nitrogen and oxygen atoms in total. The summed E-state index contributed by atoms with van der Waals surface area (Å²) >= 11 is 0. The second-order valence-corrected chi connectivity index (χ2v) is 7.73. The Kier molecular flexibility index (Phi) is 5.46. The van der Waals surface area contributed by atoms with Crippen LogP contribution in [0.15, 0.2) is 16.7 Å². The van der Waals surface area contributed by atoms with Crippen LogP contribution in [0.1, 0.15) is 52.7 Å². The first kappa shape index (κ1) is 19.4. The molecule has 1 N–H and O–H groups in total. The Morgan fingerprint density at radius 3 is 2.97 bits per heavy atom. The molecule has 0 saturated heterocycles. The summed E-state index contributed by atoms with van der Waals surface area (Å²) < 4.78 is 4.96. The first-order valence-corrected chi connectivity index (χ1v) is 10.1. The van der Waals surface area contributed by atoms with Crippen molar-refractivity contribution in [3.8, 4) is 0 Å². The molecule has 2 aromatic rings. The molecule has 0 spiro atoms. The van der Waals surface area contributed by atoms with E-state index in [0.717, 1.165) is 30.5 Å². The van der Waals surface area contributed by atoms with Crippen molar-refractivity contribution < 1.29 is 14.1 Å². The van der Waals surface area contributed by atoms with Crippen LogP contribution in [0.4, 0.5) is 0 Å². The van der Waals surface area contributed by atoms with Gasteiger partial charge in [-0.2, -0.15) is 10.1 Å². The van der Waals surface area contributed by atoms with E-state index in [1.807, 2.05) is 4.90 Å². The van der Waals surface area contributed by atoms with Crippen LogP contribution in [-0.4, -0.2) is 62.1 Å². The van der Waals surface area contributed by atoms with Gasteiger partial charge in [0, 0.05) is 45.0 Å². The zero-order valence-corrected chi connectivity index (χ0v) is 16.8. The number of rotatable bonds is 5. The topological polar surface area (TPSA) is 108 Å². The third kappa shape index (κ3) is 4.08. The first-order chi connectivity index (χ1) is 14.0. The van der Waals surface area contributed by atoms with E-state index in [0.29, 0.717) is 49.9 Å². The molecule has 0 radical (unpaired) electrons. The van der Waals surface area contributed by atoms with E-state index in [1.54, 1.807) is 18.9 Å². The SMILES string of the molecule is Cc1nc(CCN(C)C(=O)c2n[nH]c3c2CCN(C(=O)C2CC=CCC2)C3)no1. The van der Waals surface area contributed by atoms with Gasteiger partial charge in [0.1, 0.15) is 0 Å². The maximum absolute atomic E-state index is 12.9. The molecule has 0 bridgehead atoms. The van der Waals surface area contributed by atoms with Gasteiger partial charge in [-0.25, -0.2) is 0 Å². The number of amides is 2. The van der Waals surface area contributed by atoms with Gasteiger partial charge in [0.15, 0.2) is 11.5 Å². The molecule has 0 aromatic carbocycles. The molecular formula is C20H26N6O3. The van der Waals surface area contributed by atoms with Crippen molar-refractivity contribution in [1.29, 1.82) is 0 Å². The molecule has 3 heterocycles. The molecule has 2 aliphatic rings. The van der Waals surface area contributed by atoms with Crippen LogP contribution in [0.2, 0.25) is 0 Å². The van der Waals surface area contributed by atoms with Crippen molar-refractivity contribution in [1.82, 2.24) is 30.1 Å². The van der Waals surface area contributed by atoms with E-state index >= 15 is 0 Å². The van der Waals surface area contributed by atoms with Gasteiger partial charge in [0.05, 0.1) is 12.2 Å². The summed E-state index contributed by atoms with van der Waals surface area (Å²) in [6.45, 7) is 3.32. The number of H-pyrrole nitrogens is 1. The van der Waals surface area contributed by atoms with Crippen LogP contribution in [0.5, 0.6) is 0 Å². The van der Waals surface area contributed by atoms with E-state index in [1.165, 1.54) is 0 Å². The molecular weight excluding hydrogens is 372 g/mol.